The van der Waals surface area contributed by atoms with Crippen molar-refractivity contribution in [1.29, 1.82) is 0 Å². The van der Waals surface area contributed by atoms with Gasteiger partial charge < -0.3 is 14.7 Å². The van der Waals surface area contributed by atoms with E-state index in [0.717, 1.165) is 35.3 Å². The van der Waals surface area contributed by atoms with Gasteiger partial charge in [0.15, 0.2) is 0 Å². The van der Waals surface area contributed by atoms with E-state index in [-0.39, 0.29) is 12.2 Å². The molecule has 1 aliphatic rings. The van der Waals surface area contributed by atoms with Crippen molar-refractivity contribution in [3.63, 3.8) is 0 Å². The number of hydrogen-bond acceptors (Lipinski definition) is 8. The predicted octanol–water partition coefficient (Wildman–Crippen LogP) is 6.06. The first-order chi connectivity index (χ1) is 21.7. The van der Waals surface area contributed by atoms with Crippen LogP contribution in [0.15, 0.2) is 90.2 Å². The summed E-state index contributed by atoms with van der Waals surface area (Å²) >= 11 is 0. The van der Waals surface area contributed by atoms with Crippen molar-refractivity contribution in [2.45, 2.75) is 44.2 Å². The first kappa shape index (κ1) is 30.2. The number of carbonyl (C=O) groups excluding carboxylic acids is 1. The van der Waals surface area contributed by atoms with Crippen molar-refractivity contribution in [2.75, 3.05) is 22.9 Å². The van der Waals surface area contributed by atoms with E-state index in [1.165, 1.54) is 56.0 Å². The Bertz CT molecular complexity index is 1940. The number of likely N-dealkylation sites (tertiary alicyclic amines) is 1. The zero-order valence-corrected chi connectivity index (χ0v) is 25.7. The highest BCUT2D eigenvalue weighted by Gasteiger charge is 2.30. The molecule has 3 aromatic carbocycles. The summed E-state index contributed by atoms with van der Waals surface area (Å²) in [7, 11) is -4.54. The van der Waals surface area contributed by atoms with Gasteiger partial charge in [-0.25, -0.2) is 14.4 Å². The number of fused-ring (bicyclic) bond motifs is 1. The Morgan fingerprint density at radius 3 is 2.53 bits per heavy atom. The molecule has 1 saturated heterocycles. The molecule has 0 spiro atoms. The quantitative estimate of drug-likeness (QED) is 0.139. The van der Waals surface area contributed by atoms with Crippen molar-refractivity contribution in [3.8, 4) is 11.3 Å². The fourth-order valence-corrected chi connectivity index (χ4v) is 6.97. The Labute approximate surface area is 261 Å². The number of aryl methyl sites for hydroxylation is 1. The number of halogens is 1. The van der Waals surface area contributed by atoms with Crippen LogP contribution < -0.4 is 9.79 Å². The van der Waals surface area contributed by atoms with Crippen LogP contribution in [-0.4, -0.2) is 53.5 Å². The number of nitrogens with zero attached hydrogens (tertiary/aromatic N) is 5. The molecular weight excluding hydrogens is 595 g/mol. The average molecular weight is 629 g/mol. The first-order valence-electron chi connectivity index (χ1n) is 14.7. The molecule has 10 nitrogen and oxygen atoms in total. The third-order valence-corrected chi connectivity index (χ3v) is 9.65. The Morgan fingerprint density at radius 1 is 1.02 bits per heavy atom. The van der Waals surface area contributed by atoms with Crippen molar-refractivity contribution in [3.05, 3.63) is 96.7 Å². The highest BCUT2D eigenvalue weighted by molar-refractivity contribution is 7.92. The molecule has 5 aromatic rings. The van der Waals surface area contributed by atoms with E-state index >= 15 is 0 Å². The number of aromatic nitrogens is 3. The lowest BCUT2D eigenvalue weighted by Crippen LogP contribution is -2.33. The number of rotatable bonds is 11. The SMILES string of the molecule is Cc1ccc(S(=O)(=O)N(OC=O)c2ccc(Nc3cc(-c4ccc5c(ccn5CC(C)N5CCCC5)c4)ncn3)cc2)c(F)c1. The van der Waals surface area contributed by atoms with E-state index in [2.05, 4.69) is 62.1 Å². The van der Waals surface area contributed by atoms with Crippen LogP contribution >= 0.6 is 0 Å². The number of hydrogen-bond donors (Lipinski definition) is 1. The van der Waals surface area contributed by atoms with Gasteiger partial charge in [-0.05, 0) is 99.9 Å². The summed E-state index contributed by atoms with van der Waals surface area (Å²) in [5.74, 6) is -0.420. The number of anilines is 3. The summed E-state index contributed by atoms with van der Waals surface area (Å²) in [6, 6.07) is 20.5. The molecule has 0 amide bonds. The molecule has 1 fully saturated rings. The maximum Gasteiger partial charge on any atom is 0.322 e. The summed E-state index contributed by atoms with van der Waals surface area (Å²) < 4.78 is 43.5. The highest BCUT2D eigenvalue weighted by Crippen LogP contribution is 2.29. The second-order valence-electron chi connectivity index (χ2n) is 11.2. The molecule has 1 aliphatic heterocycles. The molecule has 3 heterocycles. The molecule has 1 N–H and O–H groups in total. The van der Waals surface area contributed by atoms with Gasteiger partial charge in [0.05, 0.1) is 11.4 Å². The Balaban J connectivity index is 1.18. The van der Waals surface area contributed by atoms with Crippen LogP contribution in [0, 0.1) is 12.7 Å². The van der Waals surface area contributed by atoms with Gasteiger partial charge in [0.2, 0.25) is 0 Å². The average Bonchev–Trinajstić information content (AvgIpc) is 3.71. The lowest BCUT2D eigenvalue weighted by Gasteiger charge is -2.24. The number of nitrogens with one attached hydrogen (secondary N) is 1. The monoisotopic (exact) mass is 628 g/mol. The maximum atomic E-state index is 14.5. The molecule has 0 saturated carbocycles. The van der Waals surface area contributed by atoms with E-state index in [1.54, 1.807) is 19.1 Å². The molecule has 1 unspecified atom stereocenters. The minimum atomic E-state index is -4.54. The normalized spacial score (nSPS) is 14.4. The van der Waals surface area contributed by atoms with Crippen molar-refractivity contribution < 1.29 is 22.4 Å². The minimum absolute atomic E-state index is 0.00562. The predicted molar refractivity (Wildman–Crippen MR) is 171 cm³/mol. The van der Waals surface area contributed by atoms with Crippen LogP contribution in [0.1, 0.15) is 25.3 Å². The van der Waals surface area contributed by atoms with Crippen LogP contribution in [0.5, 0.6) is 0 Å². The zero-order valence-electron chi connectivity index (χ0n) is 24.9. The molecule has 12 heteroatoms. The minimum Gasteiger partial charge on any atom is -0.346 e. The summed E-state index contributed by atoms with van der Waals surface area (Å²) in [6.07, 6.45) is 6.16. The lowest BCUT2D eigenvalue weighted by molar-refractivity contribution is -0.128. The van der Waals surface area contributed by atoms with Crippen LogP contribution in [0.4, 0.5) is 21.6 Å². The van der Waals surface area contributed by atoms with E-state index in [4.69, 9.17) is 4.84 Å². The van der Waals surface area contributed by atoms with Crippen molar-refractivity contribution >= 4 is 44.6 Å². The van der Waals surface area contributed by atoms with Gasteiger partial charge in [-0.3, -0.25) is 9.69 Å². The summed E-state index contributed by atoms with van der Waals surface area (Å²) in [5, 5.41) is 4.32. The fraction of sp³-hybridized carbons (Fsp3) is 0.242. The summed E-state index contributed by atoms with van der Waals surface area (Å²) in [6.45, 7) is 7.18. The Hall–Kier alpha value is -4.81. The van der Waals surface area contributed by atoms with Gasteiger partial charge in [0, 0.05) is 47.0 Å². The second-order valence-corrected chi connectivity index (χ2v) is 12.9. The number of sulfonamides is 1. The molecule has 45 heavy (non-hydrogen) atoms. The number of benzene rings is 3. The van der Waals surface area contributed by atoms with Gasteiger partial charge in [-0.2, -0.15) is 8.42 Å². The van der Waals surface area contributed by atoms with E-state index in [9.17, 15) is 17.6 Å². The number of carbonyl (C=O) groups is 1. The lowest BCUT2D eigenvalue weighted by atomic mass is 10.1. The highest BCUT2D eigenvalue weighted by atomic mass is 32.2. The van der Waals surface area contributed by atoms with Crippen molar-refractivity contribution in [2.24, 2.45) is 0 Å². The first-order valence-corrected chi connectivity index (χ1v) is 16.1. The molecule has 0 aliphatic carbocycles. The standard InChI is InChI=1S/C33H33FN6O4S/c1-23-5-12-32(29(34)17-23)45(42,43)40(44-22-41)28-9-7-27(8-10-28)37-33-19-30(35-21-36-33)25-6-11-31-26(18-25)13-16-39(31)20-24(2)38-14-3-4-15-38/h5-13,16-19,21-22,24H,3-4,14-15,20H2,1-2H3,(H,35,36,37). The van der Waals surface area contributed by atoms with Crippen LogP contribution in [0.25, 0.3) is 22.2 Å². The van der Waals surface area contributed by atoms with Crippen LogP contribution in [-0.2, 0) is 26.2 Å². The summed E-state index contributed by atoms with van der Waals surface area (Å²) in [4.78, 5) is 26.7. The molecule has 232 valence electrons. The molecule has 0 bridgehead atoms. The second kappa shape index (κ2) is 12.7. The van der Waals surface area contributed by atoms with Gasteiger partial charge in [-0.15, -0.1) is 0 Å². The molecule has 6 rings (SSSR count). The molecule has 0 radical (unpaired) electrons. The maximum absolute atomic E-state index is 14.5. The van der Waals surface area contributed by atoms with Crippen LogP contribution in [0.3, 0.4) is 0 Å². The molecular formula is C33H33FN6O4S. The van der Waals surface area contributed by atoms with E-state index in [0.29, 0.717) is 27.6 Å². The van der Waals surface area contributed by atoms with Crippen LogP contribution in [0.2, 0.25) is 0 Å². The largest absolute Gasteiger partial charge is 0.346 e. The summed E-state index contributed by atoms with van der Waals surface area (Å²) in [5.41, 5.74) is 4.01. The van der Waals surface area contributed by atoms with Crippen molar-refractivity contribution in [1.82, 2.24) is 19.4 Å². The van der Waals surface area contributed by atoms with Gasteiger partial charge in [0.1, 0.15) is 22.9 Å². The van der Waals surface area contributed by atoms with E-state index < -0.39 is 20.7 Å². The molecule has 1 atom stereocenters. The third kappa shape index (κ3) is 6.38. The van der Waals surface area contributed by atoms with Gasteiger partial charge in [-0.1, -0.05) is 16.6 Å². The fourth-order valence-electron chi connectivity index (χ4n) is 5.70. The topological polar surface area (TPSA) is 110 Å². The Morgan fingerprint density at radius 2 is 1.80 bits per heavy atom. The third-order valence-electron chi connectivity index (χ3n) is 8.03. The smallest absolute Gasteiger partial charge is 0.322 e. The Kier molecular flexibility index (Phi) is 8.50. The van der Waals surface area contributed by atoms with E-state index in [1.807, 2.05) is 6.07 Å². The zero-order chi connectivity index (χ0) is 31.6. The van der Waals surface area contributed by atoms with Gasteiger partial charge in [0.25, 0.3) is 10.0 Å². The molecule has 2 aromatic heterocycles. The van der Waals surface area contributed by atoms with Gasteiger partial charge >= 0.3 is 6.47 Å².